The van der Waals surface area contributed by atoms with Crippen molar-refractivity contribution in [3.63, 3.8) is 0 Å². The van der Waals surface area contributed by atoms with Crippen molar-refractivity contribution in [2.45, 2.75) is 31.4 Å². The zero-order chi connectivity index (χ0) is 15.4. The van der Waals surface area contributed by atoms with E-state index in [2.05, 4.69) is 5.32 Å². The van der Waals surface area contributed by atoms with Crippen LogP contribution in [0.1, 0.15) is 50.8 Å². The minimum atomic E-state index is -0.707. The minimum absolute atomic E-state index is 0.0549. The molecule has 1 aliphatic heterocycles. The van der Waals surface area contributed by atoms with E-state index in [-0.39, 0.29) is 23.4 Å². The van der Waals surface area contributed by atoms with Gasteiger partial charge in [0, 0.05) is 18.7 Å². The zero-order valence-corrected chi connectivity index (χ0v) is 11.8. The number of carbonyl (C=O) groups is 3. The number of imide groups is 1. The Morgan fingerprint density at radius 2 is 1.90 bits per heavy atom. The smallest absolute Gasteiger partial charge is 0.261 e. The number of fused-ring (bicyclic) bond motifs is 1. The summed E-state index contributed by atoms with van der Waals surface area (Å²) in [6, 6.07) is 4.44. The number of benzene rings is 1. The molecule has 0 saturated heterocycles. The number of aliphatic hydroxyl groups is 1. The SMILES string of the molecule is CN1C(=O)c2ccc(C(=O)NC3CC(C)(O)C3)cc2C1=O. The Labute approximate surface area is 121 Å². The van der Waals surface area contributed by atoms with Crippen LogP contribution in [0.4, 0.5) is 0 Å². The minimum Gasteiger partial charge on any atom is -0.390 e. The van der Waals surface area contributed by atoms with E-state index < -0.39 is 11.5 Å². The van der Waals surface area contributed by atoms with Crippen LogP contribution in [0.3, 0.4) is 0 Å². The van der Waals surface area contributed by atoms with Gasteiger partial charge in [-0.2, -0.15) is 0 Å². The molecule has 0 radical (unpaired) electrons. The summed E-state index contributed by atoms with van der Waals surface area (Å²) in [4.78, 5) is 36.8. The third-order valence-corrected chi connectivity index (χ3v) is 4.06. The predicted octanol–water partition coefficient (Wildman–Crippen LogP) is 0.556. The summed E-state index contributed by atoms with van der Waals surface area (Å²) in [6.07, 6.45) is 1.04. The lowest BCUT2D eigenvalue weighted by molar-refractivity contribution is -0.0367. The summed E-state index contributed by atoms with van der Waals surface area (Å²) < 4.78 is 0. The van der Waals surface area contributed by atoms with Gasteiger partial charge in [-0.05, 0) is 38.0 Å². The Balaban J connectivity index is 1.78. The Hall–Kier alpha value is -2.21. The fraction of sp³-hybridized carbons (Fsp3) is 0.400. The molecule has 2 aliphatic rings. The van der Waals surface area contributed by atoms with E-state index in [0.717, 1.165) is 4.90 Å². The fourth-order valence-electron chi connectivity index (χ4n) is 2.88. The van der Waals surface area contributed by atoms with Gasteiger partial charge in [-0.3, -0.25) is 19.3 Å². The van der Waals surface area contributed by atoms with E-state index in [4.69, 9.17) is 0 Å². The summed E-state index contributed by atoms with van der Waals surface area (Å²) in [7, 11) is 1.42. The van der Waals surface area contributed by atoms with Crippen LogP contribution >= 0.6 is 0 Å². The third kappa shape index (κ3) is 2.21. The van der Waals surface area contributed by atoms with E-state index in [1.807, 2.05) is 0 Å². The molecule has 1 aromatic carbocycles. The molecule has 1 fully saturated rings. The van der Waals surface area contributed by atoms with Crippen LogP contribution in [0.5, 0.6) is 0 Å². The largest absolute Gasteiger partial charge is 0.390 e. The topological polar surface area (TPSA) is 86.7 Å². The normalized spacial score (nSPS) is 27.4. The van der Waals surface area contributed by atoms with Crippen LogP contribution in [-0.4, -0.2) is 46.4 Å². The molecule has 21 heavy (non-hydrogen) atoms. The number of nitrogens with zero attached hydrogens (tertiary/aromatic N) is 1. The van der Waals surface area contributed by atoms with Crippen LogP contribution in [0.25, 0.3) is 0 Å². The van der Waals surface area contributed by atoms with Crippen LogP contribution in [-0.2, 0) is 0 Å². The maximum atomic E-state index is 12.1. The van der Waals surface area contributed by atoms with E-state index in [9.17, 15) is 19.5 Å². The van der Waals surface area contributed by atoms with Crippen LogP contribution in [0, 0.1) is 0 Å². The Bertz CT molecular complexity index is 658. The van der Waals surface area contributed by atoms with Gasteiger partial charge in [0.05, 0.1) is 16.7 Å². The van der Waals surface area contributed by atoms with E-state index in [0.29, 0.717) is 24.0 Å². The standard InChI is InChI=1S/C15H16N2O4/c1-15(21)6-9(7-15)16-12(18)8-3-4-10-11(5-8)14(20)17(2)13(10)19/h3-5,9,21H,6-7H2,1-2H3,(H,16,18). The zero-order valence-electron chi connectivity index (χ0n) is 11.8. The van der Waals surface area contributed by atoms with Crippen molar-refractivity contribution in [2.75, 3.05) is 7.05 Å². The number of rotatable bonds is 2. The molecule has 1 heterocycles. The van der Waals surface area contributed by atoms with E-state index in [1.165, 1.54) is 25.2 Å². The maximum Gasteiger partial charge on any atom is 0.261 e. The van der Waals surface area contributed by atoms with Gasteiger partial charge in [-0.1, -0.05) is 0 Å². The average molecular weight is 288 g/mol. The predicted molar refractivity (Wildman–Crippen MR) is 74.0 cm³/mol. The van der Waals surface area contributed by atoms with Crippen molar-refractivity contribution < 1.29 is 19.5 Å². The second-order valence-corrected chi connectivity index (χ2v) is 6.01. The number of nitrogens with one attached hydrogen (secondary N) is 1. The van der Waals surface area contributed by atoms with Gasteiger partial charge in [-0.25, -0.2) is 0 Å². The molecule has 1 saturated carbocycles. The Morgan fingerprint density at radius 3 is 2.52 bits per heavy atom. The summed E-state index contributed by atoms with van der Waals surface area (Å²) in [5, 5.41) is 12.5. The highest BCUT2D eigenvalue weighted by atomic mass is 16.3. The number of carbonyl (C=O) groups excluding carboxylic acids is 3. The van der Waals surface area contributed by atoms with E-state index >= 15 is 0 Å². The molecule has 0 spiro atoms. The molecule has 0 aromatic heterocycles. The molecule has 110 valence electrons. The van der Waals surface area contributed by atoms with Gasteiger partial charge >= 0.3 is 0 Å². The first kappa shape index (κ1) is 13.8. The van der Waals surface area contributed by atoms with Crippen molar-refractivity contribution in [3.05, 3.63) is 34.9 Å². The van der Waals surface area contributed by atoms with Crippen LogP contribution in [0.15, 0.2) is 18.2 Å². The second-order valence-electron chi connectivity index (χ2n) is 6.01. The first-order valence-electron chi connectivity index (χ1n) is 6.78. The Morgan fingerprint density at radius 1 is 1.29 bits per heavy atom. The summed E-state index contributed by atoms with van der Waals surface area (Å²) in [5.74, 6) is -1.04. The van der Waals surface area contributed by atoms with Gasteiger partial charge in [0.2, 0.25) is 0 Å². The average Bonchev–Trinajstić information content (AvgIpc) is 2.61. The molecule has 2 N–H and O–H groups in total. The fourth-order valence-corrected chi connectivity index (χ4v) is 2.88. The van der Waals surface area contributed by atoms with Gasteiger partial charge in [0.1, 0.15) is 0 Å². The second kappa shape index (κ2) is 4.39. The lowest BCUT2D eigenvalue weighted by atomic mass is 9.77. The summed E-state index contributed by atoms with van der Waals surface area (Å²) in [6.45, 7) is 1.73. The lowest BCUT2D eigenvalue weighted by Crippen LogP contribution is -2.53. The molecule has 1 aromatic rings. The highest BCUT2D eigenvalue weighted by Gasteiger charge is 2.39. The summed E-state index contributed by atoms with van der Waals surface area (Å²) in [5.41, 5.74) is 0.221. The third-order valence-electron chi connectivity index (χ3n) is 4.06. The van der Waals surface area contributed by atoms with Gasteiger partial charge in [-0.15, -0.1) is 0 Å². The number of hydrogen-bond donors (Lipinski definition) is 2. The van der Waals surface area contributed by atoms with Gasteiger partial charge < -0.3 is 10.4 Å². The highest BCUT2D eigenvalue weighted by Crippen LogP contribution is 2.31. The monoisotopic (exact) mass is 288 g/mol. The highest BCUT2D eigenvalue weighted by molar-refractivity contribution is 6.21. The molecule has 0 bridgehead atoms. The molecule has 0 atom stereocenters. The Kier molecular flexibility index (Phi) is 2.88. The van der Waals surface area contributed by atoms with E-state index in [1.54, 1.807) is 6.92 Å². The van der Waals surface area contributed by atoms with Crippen molar-refractivity contribution in [1.29, 1.82) is 0 Å². The molecular weight excluding hydrogens is 272 g/mol. The van der Waals surface area contributed by atoms with Crippen molar-refractivity contribution in [3.8, 4) is 0 Å². The molecule has 6 heteroatoms. The van der Waals surface area contributed by atoms with Crippen LogP contribution < -0.4 is 5.32 Å². The molecule has 6 nitrogen and oxygen atoms in total. The first-order valence-corrected chi connectivity index (χ1v) is 6.78. The molecule has 1 aliphatic carbocycles. The van der Waals surface area contributed by atoms with Crippen molar-refractivity contribution in [1.82, 2.24) is 10.2 Å². The van der Waals surface area contributed by atoms with Gasteiger partial charge in [0.25, 0.3) is 17.7 Å². The quantitative estimate of drug-likeness (QED) is 0.778. The summed E-state index contributed by atoms with van der Waals surface area (Å²) >= 11 is 0. The van der Waals surface area contributed by atoms with Crippen LogP contribution in [0.2, 0.25) is 0 Å². The lowest BCUT2D eigenvalue weighted by Gasteiger charge is -2.41. The first-order chi connectivity index (χ1) is 9.78. The number of hydrogen-bond acceptors (Lipinski definition) is 4. The van der Waals surface area contributed by atoms with Crippen molar-refractivity contribution >= 4 is 17.7 Å². The maximum absolute atomic E-state index is 12.1. The van der Waals surface area contributed by atoms with Crippen molar-refractivity contribution in [2.24, 2.45) is 0 Å². The number of amides is 3. The molecule has 0 unspecified atom stereocenters. The van der Waals surface area contributed by atoms with Gasteiger partial charge in [0.15, 0.2) is 0 Å². The molecular formula is C15H16N2O4. The molecule has 3 amide bonds. The molecule has 3 rings (SSSR count).